The van der Waals surface area contributed by atoms with E-state index in [1.807, 2.05) is 6.07 Å². The van der Waals surface area contributed by atoms with Crippen LogP contribution in [0.4, 0.5) is 4.39 Å². The van der Waals surface area contributed by atoms with E-state index in [0.717, 1.165) is 24.0 Å². The monoisotopic (exact) mass is 285 g/mol. The van der Waals surface area contributed by atoms with Gasteiger partial charge in [0.05, 0.1) is 13.2 Å². The molecule has 2 aromatic carbocycles. The molecule has 0 aromatic heterocycles. The van der Waals surface area contributed by atoms with Crippen LogP contribution < -0.4 is 10.5 Å². The Bertz CT molecular complexity index is 654. The Hall–Kier alpha value is -1.87. The number of rotatable bonds is 3. The van der Waals surface area contributed by atoms with Crippen molar-refractivity contribution in [3.8, 4) is 5.75 Å². The molecule has 0 radical (unpaired) electrons. The molecule has 1 aliphatic rings. The maximum absolute atomic E-state index is 13.8. The summed E-state index contributed by atoms with van der Waals surface area (Å²) in [5, 5.41) is 0. The molecule has 1 atom stereocenters. The van der Waals surface area contributed by atoms with Crippen molar-refractivity contribution < 1.29 is 9.13 Å². The van der Waals surface area contributed by atoms with Crippen molar-refractivity contribution in [1.29, 1.82) is 0 Å². The largest absolute Gasteiger partial charge is 0.494 e. The van der Waals surface area contributed by atoms with Gasteiger partial charge < -0.3 is 10.5 Å². The van der Waals surface area contributed by atoms with Gasteiger partial charge in [0, 0.05) is 0 Å². The van der Waals surface area contributed by atoms with Gasteiger partial charge in [-0.15, -0.1) is 0 Å². The average molecular weight is 285 g/mol. The molecular weight excluding hydrogens is 265 g/mol. The van der Waals surface area contributed by atoms with E-state index in [9.17, 15) is 4.39 Å². The molecule has 21 heavy (non-hydrogen) atoms. The number of methoxy groups -OCH3 is 1. The van der Waals surface area contributed by atoms with Crippen LogP contribution in [0.5, 0.6) is 5.75 Å². The molecule has 1 aliphatic carbocycles. The molecule has 2 nitrogen and oxygen atoms in total. The first-order chi connectivity index (χ1) is 10.2. The van der Waals surface area contributed by atoms with Gasteiger partial charge in [-0.1, -0.05) is 24.3 Å². The summed E-state index contributed by atoms with van der Waals surface area (Å²) in [6.07, 6.45) is 4.78. The maximum atomic E-state index is 13.8. The van der Waals surface area contributed by atoms with Crippen LogP contribution in [0.15, 0.2) is 36.4 Å². The number of halogens is 1. The van der Waals surface area contributed by atoms with Crippen molar-refractivity contribution in [1.82, 2.24) is 0 Å². The summed E-state index contributed by atoms with van der Waals surface area (Å²) < 4.78 is 18.8. The molecule has 0 heterocycles. The third kappa shape index (κ3) is 2.79. The van der Waals surface area contributed by atoms with Gasteiger partial charge in [0.1, 0.15) is 0 Å². The zero-order chi connectivity index (χ0) is 14.8. The van der Waals surface area contributed by atoms with Crippen LogP contribution >= 0.6 is 0 Å². The van der Waals surface area contributed by atoms with Crippen molar-refractivity contribution >= 4 is 0 Å². The van der Waals surface area contributed by atoms with Crippen molar-refractivity contribution in [2.45, 2.75) is 31.7 Å². The van der Waals surface area contributed by atoms with Crippen LogP contribution in [0, 0.1) is 5.82 Å². The normalized spacial score (nSPS) is 15.4. The lowest BCUT2D eigenvalue weighted by molar-refractivity contribution is 0.386. The highest BCUT2D eigenvalue weighted by molar-refractivity contribution is 5.40. The summed E-state index contributed by atoms with van der Waals surface area (Å²) in [6, 6.07) is 11.0. The van der Waals surface area contributed by atoms with Gasteiger partial charge in [-0.25, -0.2) is 4.39 Å². The zero-order valence-corrected chi connectivity index (χ0v) is 12.2. The topological polar surface area (TPSA) is 35.2 Å². The molecule has 0 saturated heterocycles. The quantitative estimate of drug-likeness (QED) is 0.932. The van der Waals surface area contributed by atoms with Crippen LogP contribution in [-0.4, -0.2) is 7.11 Å². The van der Waals surface area contributed by atoms with Gasteiger partial charge in [-0.3, -0.25) is 0 Å². The standard InChI is InChI=1S/C18H20FNO/c1-21-17-9-8-15(11-16(17)19)18(20)14-7-6-12-4-2-3-5-13(12)10-14/h6-11,18H,2-5,20H2,1H3. The second-order valence-corrected chi connectivity index (χ2v) is 5.61. The van der Waals surface area contributed by atoms with E-state index in [0.29, 0.717) is 0 Å². The molecule has 0 spiro atoms. The van der Waals surface area contributed by atoms with Crippen molar-refractivity contribution in [3.63, 3.8) is 0 Å². The predicted octanol–water partition coefficient (Wildman–Crippen LogP) is 3.76. The molecule has 3 rings (SSSR count). The smallest absolute Gasteiger partial charge is 0.165 e. The summed E-state index contributed by atoms with van der Waals surface area (Å²) >= 11 is 0. The van der Waals surface area contributed by atoms with Crippen LogP contribution in [0.3, 0.4) is 0 Å². The highest BCUT2D eigenvalue weighted by atomic mass is 19.1. The van der Waals surface area contributed by atoms with Gasteiger partial charge in [0.15, 0.2) is 11.6 Å². The van der Waals surface area contributed by atoms with Crippen LogP contribution in [-0.2, 0) is 12.8 Å². The Morgan fingerprint density at radius 1 is 1.00 bits per heavy atom. The molecular formula is C18H20FNO. The second-order valence-electron chi connectivity index (χ2n) is 5.61. The van der Waals surface area contributed by atoms with E-state index in [1.165, 1.54) is 37.1 Å². The fraction of sp³-hybridized carbons (Fsp3) is 0.333. The molecule has 0 bridgehead atoms. The third-order valence-electron chi connectivity index (χ3n) is 4.27. The van der Waals surface area contributed by atoms with E-state index < -0.39 is 0 Å². The molecule has 0 aliphatic heterocycles. The number of aryl methyl sites for hydroxylation is 2. The van der Waals surface area contributed by atoms with E-state index >= 15 is 0 Å². The van der Waals surface area contributed by atoms with Gasteiger partial charge in [-0.05, 0) is 60.1 Å². The summed E-state index contributed by atoms with van der Waals surface area (Å²) in [4.78, 5) is 0. The lowest BCUT2D eigenvalue weighted by Crippen LogP contribution is -2.14. The highest BCUT2D eigenvalue weighted by Crippen LogP contribution is 2.28. The molecule has 0 saturated carbocycles. The first kappa shape index (κ1) is 14.1. The van der Waals surface area contributed by atoms with Crippen molar-refractivity contribution in [3.05, 3.63) is 64.5 Å². The second kappa shape index (κ2) is 5.86. The zero-order valence-electron chi connectivity index (χ0n) is 12.2. The van der Waals surface area contributed by atoms with Crippen molar-refractivity contribution in [2.75, 3.05) is 7.11 Å². The van der Waals surface area contributed by atoms with Crippen LogP contribution in [0.1, 0.15) is 41.1 Å². The van der Waals surface area contributed by atoms with Crippen molar-refractivity contribution in [2.24, 2.45) is 5.73 Å². The van der Waals surface area contributed by atoms with E-state index in [1.54, 1.807) is 6.07 Å². The Balaban J connectivity index is 1.91. The Morgan fingerprint density at radius 3 is 2.38 bits per heavy atom. The van der Waals surface area contributed by atoms with Gasteiger partial charge >= 0.3 is 0 Å². The number of benzene rings is 2. The number of ether oxygens (including phenoxy) is 1. The summed E-state index contributed by atoms with van der Waals surface area (Å²) in [5.74, 6) is -0.125. The lowest BCUT2D eigenvalue weighted by Gasteiger charge is -2.19. The highest BCUT2D eigenvalue weighted by Gasteiger charge is 2.15. The van der Waals surface area contributed by atoms with Gasteiger partial charge in [0.2, 0.25) is 0 Å². The SMILES string of the molecule is COc1ccc(C(N)c2ccc3c(c2)CCCC3)cc1F. The number of nitrogens with two attached hydrogens (primary N) is 1. The Labute approximate surface area is 124 Å². The summed E-state index contributed by atoms with van der Waals surface area (Å²) in [5.41, 5.74) is 10.9. The third-order valence-corrected chi connectivity index (χ3v) is 4.27. The van der Waals surface area contributed by atoms with Gasteiger partial charge in [-0.2, -0.15) is 0 Å². The fourth-order valence-electron chi connectivity index (χ4n) is 3.02. The van der Waals surface area contributed by atoms with Crippen LogP contribution in [0.25, 0.3) is 0 Å². The average Bonchev–Trinajstić information content (AvgIpc) is 2.53. The minimum atomic E-state index is -0.372. The molecule has 3 heteroatoms. The van der Waals surface area contributed by atoms with Crippen LogP contribution in [0.2, 0.25) is 0 Å². The maximum Gasteiger partial charge on any atom is 0.165 e. The molecule has 2 aromatic rings. The minimum Gasteiger partial charge on any atom is -0.494 e. The molecule has 1 unspecified atom stereocenters. The van der Waals surface area contributed by atoms with Gasteiger partial charge in [0.25, 0.3) is 0 Å². The van der Waals surface area contributed by atoms with E-state index in [-0.39, 0.29) is 17.6 Å². The Kier molecular flexibility index (Phi) is 3.93. The molecule has 0 fully saturated rings. The first-order valence-electron chi connectivity index (χ1n) is 7.40. The van der Waals surface area contributed by atoms with E-state index in [4.69, 9.17) is 10.5 Å². The predicted molar refractivity (Wildman–Crippen MR) is 82.1 cm³/mol. The summed E-state index contributed by atoms with van der Waals surface area (Å²) in [6.45, 7) is 0. The molecule has 110 valence electrons. The Morgan fingerprint density at radius 2 is 1.67 bits per heavy atom. The first-order valence-corrected chi connectivity index (χ1v) is 7.40. The summed E-state index contributed by atoms with van der Waals surface area (Å²) in [7, 11) is 1.46. The number of fused-ring (bicyclic) bond motifs is 1. The number of hydrogen-bond acceptors (Lipinski definition) is 2. The lowest BCUT2D eigenvalue weighted by atomic mass is 9.88. The molecule has 0 amide bonds. The number of hydrogen-bond donors (Lipinski definition) is 1. The molecule has 2 N–H and O–H groups in total. The van der Waals surface area contributed by atoms with E-state index in [2.05, 4.69) is 18.2 Å². The fourth-order valence-corrected chi connectivity index (χ4v) is 3.02. The minimum absolute atomic E-state index is 0.247.